The maximum Gasteiger partial charge on any atom is 0.258 e. The lowest BCUT2D eigenvalue weighted by molar-refractivity contribution is -0.0716. The number of aromatic nitrogens is 2. The van der Waals surface area contributed by atoms with Crippen LogP contribution in [0.15, 0.2) is 12.3 Å². The standard InChI is InChI=1S/C25H40FN3O3/c1-17(2)15-32-23-21(14-27-29(23)10-9-24(4,5)16-26)22(30)28-18(3)20-11-19-7-6-8-25(31,12-19)13-20/h9-10,14,17-20,31H,6-8,11-13,15-16H2,1-5H3,(H,28,30)/b10-9+/t18?,19?,20?,25-/m1/s1. The second kappa shape index (κ2) is 9.94. The summed E-state index contributed by atoms with van der Waals surface area (Å²) >= 11 is 0. The lowest BCUT2D eigenvalue weighted by atomic mass is 9.64. The minimum absolute atomic E-state index is 0.0581. The van der Waals surface area contributed by atoms with Gasteiger partial charge in [-0.05, 0) is 50.4 Å². The first-order chi connectivity index (χ1) is 15.0. The maximum absolute atomic E-state index is 13.2. The fraction of sp³-hybridized carbons (Fsp3) is 0.760. The number of nitrogens with one attached hydrogen (secondary N) is 1. The van der Waals surface area contributed by atoms with Crippen molar-refractivity contribution >= 4 is 12.1 Å². The molecule has 6 nitrogen and oxygen atoms in total. The van der Waals surface area contributed by atoms with E-state index >= 15 is 0 Å². The normalized spacial score (nSPS) is 27.0. The highest BCUT2D eigenvalue weighted by molar-refractivity contribution is 5.96. The van der Waals surface area contributed by atoms with Gasteiger partial charge in [0.05, 0.1) is 25.1 Å². The molecular weight excluding hydrogens is 409 g/mol. The molecule has 2 aliphatic rings. The summed E-state index contributed by atoms with van der Waals surface area (Å²) in [6.45, 7) is 9.64. The first kappa shape index (κ1) is 24.7. The molecule has 3 unspecified atom stereocenters. The van der Waals surface area contributed by atoms with E-state index < -0.39 is 17.7 Å². The zero-order chi connectivity index (χ0) is 23.5. The third-order valence-electron chi connectivity index (χ3n) is 6.83. The molecule has 7 heteroatoms. The van der Waals surface area contributed by atoms with Gasteiger partial charge in [-0.15, -0.1) is 0 Å². The first-order valence-electron chi connectivity index (χ1n) is 12.0. The van der Waals surface area contributed by atoms with Crippen LogP contribution < -0.4 is 10.1 Å². The van der Waals surface area contributed by atoms with Crippen LogP contribution >= 0.6 is 0 Å². The van der Waals surface area contributed by atoms with Crippen LogP contribution in [0.2, 0.25) is 0 Å². The molecule has 0 saturated heterocycles. The van der Waals surface area contributed by atoms with Gasteiger partial charge in [0, 0.05) is 17.7 Å². The number of halogens is 1. The average molecular weight is 450 g/mol. The molecule has 1 aromatic heterocycles. The lowest BCUT2D eigenvalue weighted by Crippen LogP contribution is -2.48. The van der Waals surface area contributed by atoms with Crippen LogP contribution in [0.4, 0.5) is 4.39 Å². The van der Waals surface area contributed by atoms with E-state index in [0.717, 1.165) is 32.1 Å². The van der Waals surface area contributed by atoms with Crippen LogP contribution in [-0.4, -0.2) is 45.7 Å². The minimum Gasteiger partial charge on any atom is -0.477 e. The number of fused-ring (bicyclic) bond motifs is 2. The largest absolute Gasteiger partial charge is 0.477 e. The van der Waals surface area contributed by atoms with Crippen molar-refractivity contribution in [1.29, 1.82) is 0 Å². The van der Waals surface area contributed by atoms with E-state index in [0.29, 0.717) is 24.0 Å². The molecule has 2 N–H and O–H groups in total. The molecule has 2 saturated carbocycles. The third-order valence-corrected chi connectivity index (χ3v) is 6.83. The fourth-order valence-corrected chi connectivity index (χ4v) is 4.95. The van der Waals surface area contributed by atoms with Crippen molar-refractivity contribution in [2.45, 2.75) is 84.8 Å². The molecule has 2 fully saturated rings. The summed E-state index contributed by atoms with van der Waals surface area (Å²) in [6, 6.07) is -0.0581. The number of hydrogen-bond donors (Lipinski definition) is 2. The minimum atomic E-state index is -0.627. The maximum atomic E-state index is 13.2. The number of alkyl halides is 1. The van der Waals surface area contributed by atoms with Gasteiger partial charge in [0.25, 0.3) is 5.91 Å². The number of carbonyl (C=O) groups is 1. The number of rotatable bonds is 9. The Bertz CT molecular complexity index is 819. The van der Waals surface area contributed by atoms with E-state index in [1.807, 2.05) is 20.8 Å². The van der Waals surface area contributed by atoms with Crippen molar-refractivity contribution in [3.63, 3.8) is 0 Å². The number of nitrogens with zero attached hydrogens (tertiary/aromatic N) is 2. The molecule has 1 heterocycles. The van der Waals surface area contributed by atoms with Crippen molar-refractivity contribution in [1.82, 2.24) is 15.1 Å². The quantitative estimate of drug-likeness (QED) is 0.566. The van der Waals surface area contributed by atoms with E-state index in [1.165, 1.54) is 17.3 Å². The van der Waals surface area contributed by atoms with Crippen LogP contribution in [0, 0.1) is 23.2 Å². The van der Waals surface area contributed by atoms with Crippen LogP contribution in [-0.2, 0) is 0 Å². The van der Waals surface area contributed by atoms with Crippen LogP contribution in [0.25, 0.3) is 6.20 Å². The van der Waals surface area contributed by atoms with Gasteiger partial charge >= 0.3 is 0 Å². The molecule has 2 bridgehead atoms. The van der Waals surface area contributed by atoms with Gasteiger partial charge in [-0.3, -0.25) is 9.18 Å². The molecule has 32 heavy (non-hydrogen) atoms. The van der Waals surface area contributed by atoms with Crippen LogP contribution in [0.5, 0.6) is 5.88 Å². The summed E-state index contributed by atoms with van der Waals surface area (Å²) in [4.78, 5) is 13.2. The van der Waals surface area contributed by atoms with Gasteiger partial charge in [0.2, 0.25) is 5.88 Å². The predicted octanol–water partition coefficient (Wildman–Crippen LogP) is 4.83. The van der Waals surface area contributed by atoms with Gasteiger partial charge in [-0.1, -0.05) is 46.6 Å². The second-order valence-corrected chi connectivity index (χ2v) is 11.1. The zero-order valence-corrected chi connectivity index (χ0v) is 20.2. The Morgan fingerprint density at radius 2 is 2.19 bits per heavy atom. The van der Waals surface area contributed by atoms with Crippen LogP contribution in [0.3, 0.4) is 0 Å². The van der Waals surface area contributed by atoms with Crippen molar-refractivity contribution in [2.75, 3.05) is 13.3 Å². The van der Waals surface area contributed by atoms with Crippen molar-refractivity contribution in [3.8, 4) is 5.88 Å². The summed E-state index contributed by atoms with van der Waals surface area (Å²) in [5, 5.41) is 18.3. The summed E-state index contributed by atoms with van der Waals surface area (Å²) in [6.07, 6.45) is 10.7. The Morgan fingerprint density at radius 3 is 2.84 bits per heavy atom. The highest BCUT2D eigenvalue weighted by atomic mass is 19.1. The van der Waals surface area contributed by atoms with Gasteiger partial charge in [0.1, 0.15) is 5.56 Å². The summed E-state index contributed by atoms with van der Waals surface area (Å²) < 4.78 is 20.7. The van der Waals surface area contributed by atoms with E-state index in [4.69, 9.17) is 4.74 Å². The molecular formula is C25H40FN3O3. The fourth-order valence-electron chi connectivity index (χ4n) is 4.95. The second-order valence-electron chi connectivity index (χ2n) is 11.1. The molecule has 0 radical (unpaired) electrons. The van der Waals surface area contributed by atoms with E-state index in [9.17, 15) is 14.3 Å². The number of carbonyl (C=O) groups excluding carboxylic acids is 1. The van der Waals surface area contributed by atoms with E-state index in [2.05, 4.69) is 10.4 Å². The Hall–Kier alpha value is -1.89. The molecule has 2 aliphatic carbocycles. The van der Waals surface area contributed by atoms with Gasteiger partial charge in [-0.2, -0.15) is 5.10 Å². The number of allylic oxidation sites excluding steroid dienone is 1. The summed E-state index contributed by atoms with van der Waals surface area (Å²) in [5.41, 5.74) is -0.831. The molecule has 180 valence electrons. The van der Waals surface area contributed by atoms with Crippen LogP contribution in [0.1, 0.15) is 83.5 Å². The Morgan fingerprint density at radius 1 is 1.44 bits per heavy atom. The average Bonchev–Trinajstić information content (AvgIpc) is 3.12. The molecule has 0 aliphatic heterocycles. The van der Waals surface area contributed by atoms with Crippen molar-refractivity contribution in [2.24, 2.45) is 23.2 Å². The molecule has 3 rings (SSSR count). The number of ether oxygens (including phenoxy) is 1. The van der Waals surface area contributed by atoms with Crippen molar-refractivity contribution in [3.05, 3.63) is 17.8 Å². The summed E-state index contributed by atoms with van der Waals surface area (Å²) in [7, 11) is 0. The highest BCUT2D eigenvalue weighted by Gasteiger charge is 2.43. The number of amides is 1. The number of aliphatic hydroxyl groups is 1. The highest BCUT2D eigenvalue weighted by Crippen LogP contribution is 2.46. The van der Waals surface area contributed by atoms with Crippen molar-refractivity contribution < 1.29 is 19.0 Å². The Labute approximate surface area is 191 Å². The molecule has 1 aromatic rings. The third kappa shape index (κ3) is 6.12. The molecule has 0 spiro atoms. The monoisotopic (exact) mass is 449 g/mol. The topological polar surface area (TPSA) is 76.4 Å². The SMILES string of the molecule is CC(C)COc1c(C(=O)NC(C)C2CC3CCC[C@@](O)(C3)C2)cnn1/C=C/C(C)(C)CF. The first-order valence-corrected chi connectivity index (χ1v) is 12.0. The van der Waals surface area contributed by atoms with Gasteiger partial charge in [0.15, 0.2) is 0 Å². The lowest BCUT2D eigenvalue weighted by Gasteiger charge is -2.46. The molecule has 0 aromatic carbocycles. The van der Waals surface area contributed by atoms with Gasteiger partial charge in [-0.25, -0.2) is 4.68 Å². The Balaban J connectivity index is 1.74. The predicted molar refractivity (Wildman–Crippen MR) is 124 cm³/mol. The van der Waals surface area contributed by atoms with Gasteiger partial charge < -0.3 is 15.2 Å². The van der Waals surface area contributed by atoms with E-state index in [1.54, 1.807) is 26.1 Å². The smallest absolute Gasteiger partial charge is 0.258 e. The number of hydrogen-bond acceptors (Lipinski definition) is 4. The summed E-state index contributed by atoms with van der Waals surface area (Å²) in [5.74, 6) is 1.21. The zero-order valence-electron chi connectivity index (χ0n) is 20.2. The molecule has 4 atom stereocenters. The molecule has 1 amide bonds. The Kier molecular flexibility index (Phi) is 7.69. The van der Waals surface area contributed by atoms with E-state index in [-0.39, 0.29) is 23.8 Å².